The maximum atomic E-state index is 12.6. The summed E-state index contributed by atoms with van der Waals surface area (Å²) in [7, 11) is 0. The van der Waals surface area contributed by atoms with Crippen LogP contribution in [-0.2, 0) is 11.3 Å². The van der Waals surface area contributed by atoms with Gasteiger partial charge in [-0.2, -0.15) is 0 Å². The molecule has 3 aromatic rings. The largest absolute Gasteiger partial charge is 0.324 e. The van der Waals surface area contributed by atoms with Gasteiger partial charge in [0.1, 0.15) is 0 Å². The lowest BCUT2D eigenvalue weighted by molar-refractivity contribution is -0.116. The van der Waals surface area contributed by atoms with Crippen molar-refractivity contribution in [3.05, 3.63) is 98.5 Å². The highest BCUT2D eigenvalue weighted by Gasteiger charge is 2.16. The van der Waals surface area contributed by atoms with Crippen LogP contribution in [-0.4, -0.2) is 17.2 Å². The van der Waals surface area contributed by atoms with Crippen molar-refractivity contribution in [3.63, 3.8) is 0 Å². The van der Waals surface area contributed by atoms with E-state index in [1.54, 1.807) is 42.5 Å². The molecule has 0 aliphatic rings. The molecule has 0 fully saturated rings. The second-order valence-corrected chi connectivity index (χ2v) is 8.02. The smallest absolute Gasteiger partial charge is 0.256 e. The zero-order chi connectivity index (χ0) is 21.7. The van der Waals surface area contributed by atoms with E-state index in [1.165, 1.54) is 6.07 Å². The minimum Gasteiger partial charge on any atom is -0.324 e. The molecule has 3 rings (SSSR count). The third-order valence-electron chi connectivity index (χ3n) is 4.26. The van der Waals surface area contributed by atoms with Gasteiger partial charge in [0.05, 0.1) is 10.0 Å². The average molecular weight is 482 g/mol. The van der Waals surface area contributed by atoms with Gasteiger partial charge in [-0.15, -0.1) is 0 Å². The van der Waals surface area contributed by atoms with Crippen molar-refractivity contribution in [2.24, 2.45) is 0 Å². The average Bonchev–Trinajstić information content (AvgIpc) is 2.75. The van der Waals surface area contributed by atoms with Crippen LogP contribution in [0.1, 0.15) is 21.5 Å². The van der Waals surface area contributed by atoms with Crippen LogP contribution < -0.4 is 10.6 Å². The summed E-state index contributed by atoms with van der Waals surface area (Å²) in [4.78, 5) is 24.9. The molecule has 0 aliphatic heterocycles. The van der Waals surface area contributed by atoms with Crippen molar-refractivity contribution in [1.82, 2.24) is 5.32 Å². The first-order valence-corrected chi connectivity index (χ1v) is 10.4. The normalized spacial score (nSPS) is 11.7. The summed E-state index contributed by atoms with van der Waals surface area (Å²) < 4.78 is 0. The van der Waals surface area contributed by atoms with Crippen LogP contribution in [0, 0.1) is 0 Å². The van der Waals surface area contributed by atoms with Gasteiger partial charge in [0, 0.05) is 28.4 Å². The van der Waals surface area contributed by atoms with Crippen LogP contribution in [0.4, 0.5) is 5.69 Å². The second-order valence-electron chi connectivity index (χ2n) is 6.36. The van der Waals surface area contributed by atoms with Crippen molar-refractivity contribution in [3.8, 4) is 0 Å². The van der Waals surface area contributed by atoms with E-state index in [0.717, 1.165) is 5.56 Å². The van der Waals surface area contributed by atoms with E-state index in [4.69, 9.17) is 46.4 Å². The molecule has 0 spiro atoms. The monoisotopic (exact) mass is 480 g/mol. The summed E-state index contributed by atoms with van der Waals surface area (Å²) in [6.07, 6.45) is 0. The first kappa shape index (κ1) is 22.6. The lowest BCUT2D eigenvalue weighted by Crippen LogP contribution is -2.35. The molecule has 0 bridgehead atoms. The molecule has 1 unspecified atom stereocenters. The predicted octanol–water partition coefficient (Wildman–Crippen LogP) is 6.17. The molecule has 0 radical (unpaired) electrons. The molecule has 1 amide bonds. The number of carbonyl (C=O) groups is 2. The number of carbonyl (C=O) groups excluding carboxylic acids is 2. The zero-order valence-electron chi connectivity index (χ0n) is 15.5. The third-order valence-corrected chi connectivity index (χ3v) is 5.72. The fourth-order valence-corrected chi connectivity index (χ4v) is 3.28. The van der Waals surface area contributed by atoms with Gasteiger partial charge in [-0.25, -0.2) is 0 Å². The van der Waals surface area contributed by atoms with Crippen LogP contribution in [0.25, 0.3) is 0 Å². The molecular formula is C22H16Cl4N2O2. The molecule has 1 atom stereocenters. The molecule has 0 aliphatic carbocycles. The lowest BCUT2D eigenvalue weighted by Gasteiger charge is -2.13. The first-order valence-electron chi connectivity index (χ1n) is 8.86. The van der Waals surface area contributed by atoms with E-state index < -0.39 is 11.4 Å². The van der Waals surface area contributed by atoms with Gasteiger partial charge in [-0.3, -0.25) is 14.9 Å². The molecule has 4 nitrogen and oxygen atoms in total. The molecule has 0 heterocycles. The van der Waals surface area contributed by atoms with E-state index in [0.29, 0.717) is 38.4 Å². The first-order chi connectivity index (χ1) is 14.3. The quantitative estimate of drug-likeness (QED) is 0.241. The van der Waals surface area contributed by atoms with Crippen molar-refractivity contribution in [2.45, 2.75) is 12.0 Å². The fraction of sp³-hybridized carbons (Fsp3) is 0.0909. The van der Waals surface area contributed by atoms with E-state index in [1.807, 2.05) is 18.2 Å². The van der Waals surface area contributed by atoms with Crippen LogP contribution in [0.2, 0.25) is 15.1 Å². The maximum absolute atomic E-state index is 12.6. The lowest BCUT2D eigenvalue weighted by atomic mass is 10.0. The number of ketones is 1. The Labute approximate surface area is 194 Å². The summed E-state index contributed by atoms with van der Waals surface area (Å²) in [6, 6.07) is 18.5. The molecule has 3 aromatic carbocycles. The summed E-state index contributed by atoms with van der Waals surface area (Å²) >= 11 is 24.1. The number of hydrogen-bond donors (Lipinski definition) is 2. The van der Waals surface area contributed by atoms with E-state index in [-0.39, 0.29) is 5.78 Å². The number of nitrogens with one attached hydrogen (secondary N) is 2. The summed E-state index contributed by atoms with van der Waals surface area (Å²) in [5.41, 5.74) is 1.26. The van der Waals surface area contributed by atoms with Crippen LogP contribution >= 0.6 is 46.4 Å². The third kappa shape index (κ3) is 5.75. The number of anilines is 1. The highest BCUT2D eigenvalue weighted by atomic mass is 35.5. The standard InChI is InChI=1S/C22H16Cl4N2O2/c23-17-4-2-1-3-15(17)12-27-21(26)22(30)28-16-8-5-13(6-9-16)20(29)14-7-10-18(24)19(25)11-14/h1-11,21,27H,12H2,(H,28,30). The molecule has 0 saturated heterocycles. The Balaban J connectivity index is 1.59. The number of alkyl halides is 1. The molecular weight excluding hydrogens is 466 g/mol. The van der Waals surface area contributed by atoms with E-state index in [2.05, 4.69) is 10.6 Å². The van der Waals surface area contributed by atoms with Gasteiger partial charge in [0.2, 0.25) is 0 Å². The Morgan fingerprint density at radius 2 is 1.47 bits per heavy atom. The number of amides is 1. The Morgan fingerprint density at radius 3 is 2.13 bits per heavy atom. The van der Waals surface area contributed by atoms with Crippen molar-refractivity contribution < 1.29 is 9.59 Å². The van der Waals surface area contributed by atoms with Crippen molar-refractivity contribution in [1.29, 1.82) is 0 Å². The molecule has 154 valence electrons. The maximum Gasteiger partial charge on any atom is 0.256 e. The summed E-state index contributed by atoms with van der Waals surface area (Å²) in [5.74, 6) is -0.629. The van der Waals surface area contributed by atoms with Gasteiger partial charge in [0.25, 0.3) is 5.91 Å². The Morgan fingerprint density at radius 1 is 0.800 bits per heavy atom. The van der Waals surface area contributed by atoms with Gasteiger partial charge >= 0.3 is 0 Å². The molecule has 8 heteroatoms. The number of rotatable bonds is 7. The van der Waals surface area contributed by atoms with Gasteiger partial charge in [0.15, 0.2) is 11.3 Å². The van der Waals surface area contributed by atoms with Gasteiger partial charge in [-0.1, -0.05) is 64.6 Å². The van der Waals surface area contributed by atoms with Gasteiger partial charge < -0.3 is 5.32 Å². The number of hydrogen-bond acceptors (Lipinski definition) is 3. The fourth-order valence-electron chi connectivity index (χ4n) is 2.65. The number of halogens is 4. The van der Waals surface area contributed by atoms with E-state index >= 15 is 0 Å². The van der Waals surface area contributed by atoms with Gasteiger partial charge in [-0.05, 0) is 54.1 Å². The highest BCUT2D eigenvalue weighted by Crippen LogP contribution is 2.24. The minimum atomic E-state index is -0.959. The zero-order valence-corrected chi connectivity index (χ0v) is 18.5. The number of benzene rings is 3. The van der Waals surface area contributed by atoms with Crippen LogP contribution in [0.3, 0.4) is 0 Å². The Bertz CT molecular complexity index is 1070. The van der Waals surface area contributed by atoms with Crippen LogP contribution in [0.15, 0.2) is 66.7 Å². The molecule has 30 heavy (non-hydrogen) atoms. The topological polar surface area (TPSA) is 58.2 Å². The summed E-state index contributed by atoms with van der Waals surface area (Å²) in [6.45, 7) is 0.346. The predicted molar refractivity (Wildman–Crippen MR) is 123 cm³/mol. The SMILES string of the molecule is O=C(c1ccc(NC(=O)C(Cl)NCc2ccccc2Cl)cc1)c1ccc(Cl)c(Cl)c1. The second kappa shape index (κ2) is 10.3. The van der Waals surface area contributed by atoms with E-state index in [9.17, 15) is 9.59 Å². The molecule has 0 saturated carbocycles. The van der Waals surface area contributed by atoms with Crippen molar-refractivity contribution >= 4 is 63.8 Å². The highest BCUT2D eigenvalue weighted by molar-refractivity contribution is 6.42. The Kier molecular flexibility index (Phi) is 7.75. The Hall–Kier alpha value is -2.08. The summed E-state index contributed by atoms with van der Waals surface area (Å²) in [5, 5.41) is 6.89. The molecule has 2 N–H and O–H groups in total. The molecule has 0 aromatic heterocycles. The van der Waals surface area contributed by atoms with Crippen LogP contribution in [0.5, 0.6) is 0 Å². The van der Waals surface area contributed by atoms with Crippen molar-refractivity contribution in [2.75, 3.05) is 5.32 Å². The minimum absolute atomic E-state index is 0.205.